The van der Waals surface area contributed by atoms with Gasteiger partial charge in [-0.2, -0.15) is 0 Å². The maximum absolute atomic E-state index is 5.93. The Morgan fingerprint density at radius 1 is 1.24 bits per heavy atom. The van der Waals surface area contributed by atoms with Gasteiger partial charge < -0.3 is 20.1 Å². The van der Waals surface area contributed by atoms with Crippen LogP contribution in [0, 0.1) is 11.8 Å². The summed E-state index contributed by atoms with van der Waals surface area (Å²) in [6.07, 6.45) is 3.66. The monoisotopic (exact) mass is 242 g/mol. The van der Waals surface area contributed by atoms with Crippen LogP contribution in [0.25, 0.3) is 0 Å². The van der Waals surface area contributed by atoms with E-state index in [0.29, 0.717) is 17.9 Å². The van der Waals surface area contributed by atoms with Crippen molar-refractivity contribution >= 4 is 0 Å². The molecule has 0 aromatic heterocycles. The van der Waals surface area contributed by atoms with Crippen molar-refractivity contribution < 1.29 is 9.47 Å². The molecule has 0 aromatic carbocycles. The topological polar surface area (TPSA) is 47.7 Å². The van der Waals surface area contributed by atoms with E-state index in [4.69, 9.17) is 15.2 Å². The molecule has 2 aliphatic heterocycles. The van der Waals surface area contributed by atoms with Crippen LogP contribution in [-0.4, -0.2) is 57.5 Å². The maximum atomic E-state index is 5.93. The summed E-state index contributed by atoms with van der Waals surface area (Å²) in [4.78, 5) is 2.43. The molecule has 0 saturated carbocycles. The lowest BCUT2D eigenvalue weighted by molar-refractivity contribution is 0.0309. The summed E-state index contributed by atoms with van der Waals surface area (Å²) in [5, 5.41) is 0. The van der Waals surface area contributed by atoms with Gasteiger partial charge in [-0.1, -0.05) is 0 Å². The summed E-state index contributed by atoms with van der Waals surface area (Å²) >= 11 is 0. The first kappa shape index (κ1) is 13.3. The summed E-state index contributed by atoms with van der Waals surface area (Å²) < 4.78 is 11.0. The number of hydrogen-bond acceptors (Lipinski definition) is 4. The molecule has 4 heteroatoms. The van der Waals surface area contributed by atoms with Gasteiger partial charge in [0.25, 0.3) is 0 Å². The fourth-order valence-corrected chi connectivity index (χ4v) is 3.08. The lowest BCUT2D eigenvalue weighted by Gasteiger charge is -2.34. The molecule has 2 N–H and O–H groups in total. The van der Waals surface area contributed by atoms with Crippen LogP contribution < -0.4 is 5.73 Å². The zero-order valence-corrected chi connectivity index (χ0v) is 10.9. The SMILES string of the molecule is CN(CC1CCCOC1)C(CN)C1CCOC1. The van der Waals surface area contributed by atoms with Crippen LogP contribution in [0.15, 0.2) is 0 Å². The highest BCUT2D eigenvalue weighted by Crippen LogP contribution is 2.22. The lowest BCUT2D eigenvalue weighted by Crippen LogP contribution is -2.46. The number of nitrogens with two attached hydrogens (primary N) is 1. The number of hydrogen-bond donors (Lipinski definition) is 1. The number of likely N-dealkylation sites (N-methyl/N-ethyl adjacent to an activating group) is 1. The molecule has 2 fully saturated rings. The van der Waals surface area contributed by atoms with E-state index < -0.39 is 0 Å². The number of nitrogens with zero attached hydrogens (tertiary/aromatic N) is 1. The van der Waals surface area contributed by atoms with Crippen LogP contribution in [0.3, 0.4) is 0 Å². The molecule has 2 aliphatic rings. The quantitative estimate of drug-likeness (QED) is 0.771. The number of rotatable bonds is 5. The van der Waals surface area contributed by atoms with E-state index in [2.05, 4.69) is 11.9 Å². The minimum Gasteiger partial charge on any atom is -0.381 e. The first-order chi connectivity index (χ1) is 8.31. The Morgan fingerprint density at radius 2 is 2.06 bits per heavy atom. The second-order valence-corrected chi connectivity index (χ2v) is 5.45. The third-order valence-corrected chi connectivity index (χ3v) is 4.12. The maximum Gasteiger partial charge on any atom is 0.0510 e. The summed E-state index contributed by atoms with van der Waals surface area (Å²) in [6.45, 7) is 5.49. The van der Waals surface area contributed by atoms with E-state index in [1.54, 1.807) is 0 Å². The molecule has 3 unspecified atom stereocenters. The molecule has 0 aromatic rings. The van der Waals surface area contributed by atoms with Crippen molar-refractivity contribution in [3.8, 4) is 0 Å². The highest BCUT2D eigenvalue weighted by molar-refractivity contribution is 4.82. The van der Waals surface area contributed by atoms with Gasteiger partial charge in [-0.05, 0) is 32.2 Å². The van der Waals surface area contributed by atoms with E-state index in [0.717, 1.165) is 45.9 Å². The van der Waals surface area contributed by atoms with Gasteiger partial charge in [0.05, 0.1) is 13.2 Å². The zero-order chi connectivity index (χ0) is 12.1. The van der Waals surface area contributed by atoms with Gasteiger partial charge in [-0.3, -0.25) is 0 Å². The Labute approximate surface area is 104 Å². The molecule has 0 bridgehead atoms. The molecule has 0 radical (unpaired) electrons. The molecular weight excluding hydrogens is 216 g/mol. The Balaban J connectivity index is 1.80. The molecule has 4 nitrogen and oxygen atoms in total. The van der Waals surface area contributed by atoms with Gasteiger partial charge >= 0.3 is 0 Å². The Kier molecular flexibility index (Phi) is 5.22. The van der Waals surface area contributed by atoms with Gasteiger partial charge in [0, 0.05) is 38.3 Å². The van der Waals surface area contributed by atoms with Gasteiger partial charge in [-0.25, -0.2) is 0 Å². The molecule has 3 atom stereocenters. The predicted molar refractivity (Wildman–Crippen MR) is 67.9 cm³/mol. The average Bonchev–Trinajstić information content (AvgIpc) is 2.85. The Morgan fingerprint density at radius 3 is 2.65 bits per heavy atom. The minimum absolute atomic E-state index is 0.472. The van der Waals surface area contributed by atoms with Crippen LogP contribution >= 0.6 is 0 Å². The summed E-state index contributed by atoms with van der Waals surface area (Å²) in [6, 6.07) is 0.472. The fraction of sp³-hybridized carbons (Fsp3) is 1.00. The highest BCUT2D eigenvalue weighted by atomic mass is 16.5. The van der Waals surface area contributed by atoms with Gasteiger partial charge in [0.1, 0.15) is 0 Å². The van der Waals surface area contributed by atoms with E-state index in [1.807, 2.05) is 0 Å². The molecular formula is C13H26N2O2. The Hall–Kier alpha value is -0.160. The third kappa shape index (κ3) is 3.65. The smallest absolute Gasteiger partial charge is 0.0510 e. The van der Waals surface area contributed by atoms with E-state index >= 15 is 0 Å². The van der Waals surface area contributed by atoms with E-state index in [-0.39, 0.29) is 0 Å². The Bertz CT molecular complexity index is 213. The lowest BCUT2D eigenvalue weighted by atomic mass is 9.95. The van der Waals surface area contributed by atoms with Crippen LogP contribution in [-0.2, 0) is 9.47 Å². The first-order valence-corrected chi connectivity index (χ1v) is 6.87. The molecule has 0 aliphatic carbocycles. The molecule has 2 heterocycles. The summed E-state index contributed by atoms with van der Waals surface area (Å²) in [5.41, 5.74) is 5.93. The second kappa shape index (κ2) is 6.69. The normalized spacial score (nSPS) is 31.9. The van der Waals surface area contributed by atoms with Crippen molar-refractivity contribution in [1.29, 1.82) is 0 Å². The first-order valence-electron chi connectivity index (χ1n) is 6.87. The van der Waals surface area contributed by atoms with Crippen molar-refractivity contribution in [3.63, 3.8) is 0 Å². The van der Waals surface area contributed by atoms with Gasteiger partial charge in [-0.15, -0.1) is 0 Å². The third-order valence-electron chi connectivity index (χ3n) is 4.12. The summed E-state index contributed by atoms with van der Waals surface area (Å²) in [7, 11) is 2.20. The summed E-state index contributed by atoms with van der Waals surface area (Å²) in [5.74, 6) is 1.31. The van der Waals surface area contributed by atoms with Crippen molar-refractivity contribution in [2.24, 2.45) is 17.6 Å². The standard InChI is InChI=1S/C13H26N2O2/c1-15(8-11-3-2-5-16-9-11)13(7-14)12-4-6-17-10-12/h11-13H,2-10,14H2,1H3. The van der Waals surface area contributed by atoms with E-state index in [9.17, 15) is 0 Å². The van der Waals surface area contributed by atoms with Crippen LogP contribution in [0.4, 0.5) is 0 Å². The molecule has 100 valence electrons. The van der Waals surface area contributed by atoms with Gasteiger partial charge in [0.15, 0.2) is 0 Å². The molecule has 2 saturated heterocycles. The largest absolute Gasteiger partial charge is 0.381 e. The molecule has 17 heavy (non-hydrogen) atoms. The fourth-order valence-electron chi connectivity index (χ4n) is 3.08. The van der Waals surface area contributed by atoms with Crippen molar-refractivity contribution in [1.82, 2.24) is 4.90 Å². The highest BCUT2D eigenvalue weighted by Gasteiger charge is 2.29. The number of ether oxygens (including phenoxy) is 2. The molecule has 0 amide bonds. The van der Waals surface area contributed by atoms with E-state index in [1.165, 1.54) is 12.8 Å². The predicted octanol–water partition coefficient (Wildman–Crippen LogP) is 0.709. The van der Waals surface area contributed by atoms with Gasteiger partial charge in [0.2, 0.25) is 0 Å². The van der Waals surface area contributed by atoms with Crippen molar-refractivity contribution in [2.45, 2.75) is 25.3 Å². The average molecular weight is 242 g/mol. The zero-order valence-electron chi connectivity index (χ0n) is 10.9. The minimum atomic E-state index is 0.472. The molecule has 0 spiro atoms. The second-order valence-electron chi connectivity index (χ2n) is 5.45. The molecule has 2 rings (SSSR count). The van der Waals surface area contributed by atoms with Crippen LogP contribution in [0.1, 0.15) is 19.3 Å². The van der Waals surface area contributed by atoms with Crippen molar-refractivity contribution in [2.75, 3.05) is 46.6 Å². The van der Waals surface area contributed by atoms with Crippen molar-refractivity contribution in [3.05, 3.63) is 0 Å². The van der Waals surface area contributed by atoms with Crippen LogP contribution in [0.5, 0.6) is 0 Å². The van der Waals surface area contributed by atoms with Crippen LogP contribution in [0.2, 0.25) is 0 Å².